The number of hydrogen-bond acceptors (Lipinski definition) is 3. The van der Waals surface area contributed by atoms with Crippen molar-refractivity contribution in [1.29, 1.82) is 0 Å². The Labute approximate surface area is 118 Å². The first-order valence-corrected chi connectivity index (χ1v) is 6.74. The van der Waals surface area contributed by atoms with E-state index in [9.17, 15) is 4.79 Å². The molecule has 4 heteroatoms. The average Bonchev–Trinajstić information content (AvgIpc) is 2.45. The number of carbonyl (C=O) groups excluding carboxylic acids is 1. The molecule has 2 aromatic rings. The number of nitrogens with zero attached hydrogens (tertiary/aromatic N) is 2. The van der Waals surface area contributed by atoms with E-state index < -0.39 is 0 Å². The van der Waals surface area contributed by atoms with Gasteiger partial charge in [-0.05, 0) is 48.7 Å². The van der Waals surface area contributed by atoms with E-state index in [0.29, 0.717) is 12.2 Å². The standard InChI is InChI=1S/C16H17N3O/c1-11-3-2-4-15(18-11)16(20)19-8-7-12-5-6-14(17)9-13(12)10-19/h2-6,9H,7-8,10,17H2,1H3. The Kier molecular flexibility index (Phi) is 3.14. The highest BCUT2D eigenvalue weighted by Gasteiger charge is 2.22. The minimum Gasteiger partial charge on any atom is -0.399 e. The number of aromatic nitrogens is 1. The summed E-state index contributed by atoms with van der Waals surface area (Å²) in [6.07, 6.45) is 0.868. The normalized spacial score (nSPS) is 13.9. The zero-order valence-corrected chi connectivity index (χ0v) is 11.5. The van der Waals surface area contributed by atoms with Crippen LogP contribution in [-0.4, -0.2) is 22.3 Å². The number of anilines is 1. The number of carbonyl (C=O) groups is 1. The number of fused-ring (bicyclic) bond motifs is 1. The van der Waals surface area contributed by atoms with Crippen LogP contribution in [-0.2, 0) is 13.0 Å². The van der Waals surface area contributed by atoms with Gasteiger partial charge in [-0.15, -0.1) is 0 Å². The van der Waals surface area contributed by atoms with E-state index in [1.165, 1.54) is 5.56 Å². The fourth-order valence-corrected chi connectivity index (χ4v) is 2.57. The van der Waals surface area contributed by atoms with Gasteiger partial charge in [-0.1, -0.05) is 12.1 Å². The van der Waals surface area contributed by atoms with Crippen molar-refractivity contribution < 1.29 is 4.79 Å². The topological polar surface area (TPSA) is 59.2 Å². The van der Waals surface area contributed by atoms with Gasteiger partial charge in [-0.3, -0.25) is 4.79 Å². The molecule has 20 heavy (non-hydrogen) atoms. The summed E-state index contributed by atoms with van der Waals surface area (Å²) in [6, 6.07) is 11.5. The van der Waals surface area contributed by atoms with E-state index >= 15 is 0 Å². The van der Waals surface area contributed by atoms with E-state index in [0.717, 1.165) is 29.9 Å². The van der Waals surface area contributed by atoms with Crippen molar-refractivity contribution in [2.24, 2.45) is 0 Å². The number of hydrogen-bond donors (Lipinski definition) is 1. The Morgan fingerprint density at radius 1 is 1.25 bits per heavy atom. The highest BCUT2D eigenvalue weighted by atomic mass is 16.2. The fraction of sp³-hybridized carbons (Fsp3) is 0.250. The van der Waals surface area contributed by atoms with Crippen LogP contribution in [0.25, 0.3) is 0 Å². The Bertz CT molecular complexity index is 667. The average molecular weight is 267 g/mol. The third-order valence-corrected chi connectivity index (χ3v) is 3.64. The summed E-state index contributed by atoms with van der Waals surface area (Å²) in [6.45, 7) is 3.23. The second kappa shape index (κ2) is 4.96. The highest BCUT2D eigenvalue weighted by molar-refractivity contribution is 5.92. The molecule has 2 N–H and O–H groups in total. The molecule has 0 spiro atoms. The molecule has 0 unspecified atom stereocenters. The van der Waals surface area contributed by atoms with Crippen LogP contribution in [0.4, 0.5) is 5.69 Å². The van der Waals surface area contributed by atoms with E-state index in [1.54, 1.807) is 6.07 Å². The van der Waals surface area contributed by atoms with Gasteiger partial charge < -0.3 is 10.6 Å². The molecule has 2 heterocycles. The van der Waals surface area contributed by atoms with Gasteiger partial charge in [0, 0.05) is 24.5 Å². The Balaban J connectivity index is 1.84. The molecule has 0 atom stereocenters. The molecule has 3 rings (SSSR count). The van der Waals surface area contributed by atoms with Gasteiger partial charge >= 0.3 is 0 Å². The summed E-state index contributed by atoms with van der Waals surface area (Å²) in [7, 11) is 0. The predicted molar refractivity (Wildman–Crippen MR) is 78.3 cm³/mol. The SMILES string of the molecule is Cc1cccc(C(=O)N2CCc3ccc(N)cc3C2)n1. The van der Waals surface area contributed by atoms with Crippen molar-refractivity contribution in [1.82, 2.24) is 9.88 Å². The molecule has 1 aliphatic rings. The first kappa shape index (κ1) is 12.7. The van der Waals surface area contributed by atoms with Crippen molar-refractivity contribution in [2.45, 2.75) is 19.9 Å². The Morgan fingerprint density at radius 2 is 2.10 bits per heavy atom. The molecule has 1 amide bonds. The zero-order valence-electron chi connectivity index (χ0n) is 11.5. The molecule has 1 aromatic heterocycles. The van der Waals surface area contributed by atoms with Crippen molar-refractivity contribution >= 4 is 11.6 Å². The van der Waals surface area contributed by atoms with Gasteiger partial charge in [-0.2, -0.15) is 0 Å². The maximum Gasteiger partial charge on any atom is 0.272 e. The van der Waals surface area contributed by atoms with E-state index in [1.807, 2.05) is 36.1 Å². The van der Waals surface area contributed by atoms with Gasteiger partial charge in [0.1, 0.15) is 5.69 Å². The molecule has 1 aromatic carbocycles. The van der Waals surface area contributed by atoms with E-state index in [-0.39, 0.29) is 5.91 Å². The molecule has 0 saturated carbocycles. The molecule has 1 aliphatic heterocycles. The van der Waals surface area contributed by atoms with E-state index in [4.69, 9.17) is 5.73 Å². The van der Waals surface area contributed by atoms with Crippen LogP contribution in [0.1, 0.15) is 27.3 Å². The fourth-order valence-electron chi connectivity index (χ4n) is 2.57. The van der Waals surface area contributed by atoms with Gasteiger partial charge in [0.15, 0.2) is 0 Å². The second-order valence-corrected chi connectivity index (χ2v) is 5.17. The molecular formula is C16H17N3O. The second-order valence-electron chi connectivity index (χ2n) is 5.17. The van der Waals surface area contributed by atoms with Crippen LogP contribution < -0.4 is 5.73 Å². The third kappa shape index (κ3) is 2.37. The minimum absolute atomic E-state index is 0.0122. The van der Waals surface area contributed by atoms with Gasteiger partial charge in [0.2, 0.25) is 0 Å². The molecule has 0 fully saturated rings. The van der Waals surface area contributed by atoms with Crippen LogP contribution in [0, 0.1) is 6.92 Å². The number of rotatable bonds is 1. The minimum atomic E-state index is -0.0122. The Morgan fingerprint density at radius 3 is 2.90 bits per heavy atom. The lowest BCUT2D eigenvalue weighted by Crippen LogP contribution is -2.36. The van der Waals surface area contributed by atoms with Crippen molar-refractivity contribution in [3.63, 3.8) is 0 Å². The van der Waals surface area contributed by atoms with Crippen LogP contribution in [0.5, 0.6) is 0 Å². The number of amides is 1. The first-order valence-electron chi connectivity index (χ1n) is 6.74. The molecule has 4 nitrogen and oxygen atoms in total. The summed E-state index contributed by atoms with van der Waals surface area (Å²) in [5.41, 5.74) is 10.3. The summed E-state index contributed by atoms with van der Waals surface area (Å²) in [5, 5.41) is 0. The van der Waals surface area contributed by atoms with Gasteiger partial charge in [0.05, 0.1) is 0 Å². The van der Waals surface area contributed by atoms with Crippen molar-refractivity contribution in [3.05, 3.63) is 58.9 Å². The van der Waals surface area contributed by atoms with Crippen LogP contribution in [0.3, 0.4) is 0 Å². The van der Waals surface area contributed by atoms with Crippen LogP contribution in [0.15, 0.2) is 36.4 Å². The highest BCUT2D eigenvalue weighted by Crippen LogP contribution is 2.22. The zero-order chi connectivity index (χ0) is 14.1. The number of aryl methyl sites for hydroxylation is 1. The summed E-state index contributed by atoms with van der Waals surface area (Å²) < 4.78 is 0. The third-order valence-electron chi connectivity index (χ3n) is 3.64. The number of nitrogen functional groups attached to an aromatic ring is 1. The van der Waals surface area contributed by atoms with Crippen molar-refractivity contribution in [2.75, 3.05) is 12.3 Å². The van der Waals surface area contributed by atoms with Crippen LogP contribution in [0.2, 0.25) is 0 Å². The van der Waals surface area contributed by atoms with Gasteiger partial charge in [-0.25, -0.2) is 4.98 Å². The lowest BCUT2D eigenvalue weighted by molar-refractivity contribution is 0.0728. The maximum absolute atomic E-state index is 12.5. The molecular weight excluding hydrogens is 250 g/mol. The molecule has 0 saturated heterocycles. The largest absolute Gasteiger partial charge is 0.399 e. The first-order chi connectivity index (χ1) is 9.63. The van der Waals surface area contributed by atoms with E-state index in [2.05, 4.69) is 11.1 Å². The molecule has 102 valence electrons. The summed E-state index contributed by atoms with van der Waals surface area (Å²) in [5.74, 6) is -0.0122. The number of pyridine rings is 1. The van der Waals surface area contributed by atoms with Crippen molar-refractivity contribution in [3.8, 4) is 0 Å². The number of nitrogens with two attached hydrogens (primary N) is 1. The summed E-state index contributed by atoms with van der Waals surface area (Å²) in [4.78, 5) is 18.6. The molecule has 0 radical (unpaired) electrons. The van der Waals surface area contributed by atoms with Gasteiger partial charge in [0.25, 0.3) is 5.91 Å². The molecule has 0 aliphatic carbocycles. The monoisotopic (exact) mass is 267 g/mol. The lowest BCUT2D eigenvalue weighted by Gasteiger charge is -2.28. The predicted octanol–water partition coefficient (Wildman–Crippen LogP) is 2.17. The molecule has 0 bridgehead atoms. The number of benzene rings is 1. The summed E-state index contributed by atoms with van der Waals surface area (Å²) >= 11 is 0. The quantitative estimate of drug-likeness (QED) is 0.806. The maximum atomic E-state index is 12.5. The Hall–Kier alpha value is -2.36. The van der Waals surface area contributed by atoms with Crippen LogP contribution >= 0.6 is 0 Å². The smallest absolute Gasteiger partial charge is 0.272 e. The lowest BCUT2D eigenvalue weighted by atomic mass is 9.99.